The summed E-state index contributed by atoms with van der Waals surface area (Å²) in [5.41, 5.74) is 4.64. The van der Waals surface area contributed by atoms with E-state index in [0.29, 0.717) is 5.92 Å². The fourth-order valence-electron chi connectivity index (χ4n) is 1.93. The third-order valence-electron chi connectivity index (χ3n) is 3.13. The molecule has 0 aromatic carbocycles. The summed E-state index contributed by atoms with van der Waals surface area (Å²) in [6.45, 7) is 5.55. The molecule has 3 N–H and O–H groups in total. The van der Waals surface area contributed by atoms with Crippen LogP contribution in [0, 0.1) is 13.8 Å². The van der Waals surface area contributed by atoms with Crippen LogP contribution in [-0.4, -0.2) is 23.2 Å². The van der Waals surface area contributed by atoms with E-state index < -0.39 is 0 Å². The molecule has 0 amide bonds. The lowest BCUT2D eigenvalue weighted by Crippen LogP contribution is -2.19. The molecule has 0 aliphatic carbocycles. The van der Waals surface area contributed by atoms with E-state index >= 15 is 0 Å². The minimum Gasteiger partial charge on any atom is -0.381 e. The van der Waals surface area contributed by atoms with Gasteiger partial charge in [0.1, 0.15) is 11.6 Å². The van der Waals surface area contributed by atoms with Gasteiger partial charge >= 0.3 is 0 Å². The monoisotopic (exact) mass is 222 g/mol. The first kappa shape index (κ1) is 11.3. The van der Waals surface area contributed by atoms with Gasteiger partial charge in [-0.1, -0.05) is 0 Å². The standard InChI is InChI=1S/C11H18N4O/c1-7-8(2)13-11(14-10(7)15-12)9-3-5-16-6-4-9/h9H,3-6,12H2,1-2H3,(H,13,14,15). The SMILES string of the molecule is Cc1nc(C2CCOCC2)nc(NN)c1C. The molecule has 1 aromatic heterocycles. The maximum absolute atomic E-state index is 5.45. The van der Waals surface area contributed by atoms with Crippen molar-refractivity contribution in [3.8, 4) is 0 Å². The van der Waals surface area contributed by atoms with E-state index in [2.05, 4.69) is 15.4 Å². The van der Waals surface area contributed by atoms with Gasteiger partial charge in [-0.05, 0) is 26.7 Å². The highest BCUT2D eigenvalue weighted by atomic mass is 16.5. The number of aryl methyl sites for hydroxylation is 1. The zero-order valence-electron chi connectivity index (χ0n) is 9.79. The molecule has 0 unspecified atom stereocenters. The van der Waals surface area contributed by atoms with E-state index in [1.807, 2.05) is 13.8 Å². The van der Waals surface area contributed by atoms with Crippen LogP contribution < -0.4 is 11.3 Å². The quantitative estimate of drug-likeness (QED) is 0.582. The summed E-state index contributed by atoms with van der Waals surface area (Å²) in [6.07, 6.45) is 1.99. The van der Waals surface area contributed by atoms with Crippen LogP contribution in [0.25, 0.3) is 0 Å². The Bertz CT molecular complexity index is 374. The summed E-state index contributed by atoms with van der Waals surface area (Å²) >= 11 is 0. The van der Waals surface area contributed by atoms with Gasteiger partial charge in [0.15, 0.2) is 0 Å². The predicted octanol–water partition coefficient (Wildman–Crippen LogP) is 1.27. The lowest BCUT2D eigenvalue weighted by molar-refractivity contribution is 0.0835. The molecule has 1 saturated heterocycles. The summed E-state index contributed by atoms with van der Waals surface area (Å²) < 4.78 is 5.34. The van der Waals surface area contributed by atoms with Crippen molar-refractivity contribution in [3.05, 3.63) is 17.1 Å². The Morgan fingerprint density at radius 1 is 1.25 bits per heavy atom. The molecule has 0 radical (unpaired) electrons. The van der Waals surface area contributed by atoms with Crippen LogP contribution in [0.3, 0.4) is 0 Å². The largest absolute Gasteiger partial charge is 0.381 e. The van der Waals surface area contributed by atoms with Gasteiger partial charge in [-0.25, -0.2) is 15.8 Å². The summed E-state index contributed by atoms with van der Waals surface area (Å²) in [5, 5.41) is 0. The highest BCUT2D eigenvalue weighted by Gasteiger charge is 2.20. The number of nitrogens with one attached hydrogen (secondary N) is 1. The zero-order chi connectivity index (χ0) is 11.5. The number of nitrogen functional groups attached to an aromatic ring is 1. The van der Waals surface area contributed by atoms with Crippen molar-refractivity contribution in [1.29, 1.82) is 0 Å². The average molecular weight is 222 g/mol. The third-order valence-corrected chi connectivity index (χ3v) is 3.13. The van der Waals surface area contributed by atoms with E-state index in [-0.39, 0.29) is 0 Å². The van der Waals surface area contributed by atoms with Crippen LogP contribution in [0.5, 0.6) is 0 Å². The lowest BCUT2D eigenvalue weighted by Gasteiger charge is -2.22. The molecule has 2 heterocycles. The number of hydrogen-bond acceptors (Lipinski definition) is 5. The molecule has 0 saturated carbocycles. The zero-order valence-corrected chi connectivity index (χ0v) is 9.79. The maximum atomic E-state index is 5.45. The van der Waals surface area contributed by atoms with E-state index in [0.717, 1.165) is 49.0 Å². The minimum atomic E-state index is 0.403. The van der Waals surface area contributed by atoms with Crippen LogP contribution in [0.2, 0.25) is 0 Å². The number of nitrogens with zero attached hydrogens (tertiary/aromatic N) is 2. The molecule has 5 nitrogen and oxygen atoms in total. The Labute approximate surface area is 95.4 Å². The second-order valence-corrected chi connectivity index (χ2v) is 4.17. The molecule has 1 fully saturated rings. The summed E-state index contributed by atoms with van der Waals surface area (Å²) in [7, 11) is 0. The number of anilines is 1. The fourth-order valence-corrected chi connectivity index (χ4v) is 1.93. The molecule has 5 heteroatoms. The van der Waals surface area contributed by atoms with E-state index in [4.69, 9.17) is 10.6 Å². The van der Waals surface area contributed by atoms with Crippen molar-refractivity contribution in [1.82, 2.24) is 9.97 Å². The van der Waals surface area contributed by atoms with Gasteiger partial charge in [0.25, 0.3) is 0 Å². The smallest absolute Gasteiger partial charge is 0.146 e. The molecular formula is C11H18N4O. The number of aromatic nitrogens is 2. The second kappa shape index (κ2) is 4.76. The molecule has 16 heavy (non-hydrogen) atoms. The van der Waals surface area contributed by atoms with Gasteiger partial charge in [-0.2, -0.15) is 0 Å². The Kier molecular flexibility index (Phi) is 3.36. The minimum absolute atomic E-state index is 0.403. The lowest BCUT2D eigenvalue weighted by atomic mass is 9.99. The van der Waals surface area contributed by atoms with Crippen molar-refractivity contribution in [2.24, 2.45) is 5.84 Å². The Morgan fingerprint density at radius 3 is 2.56 bits per heavy atom. The number of rotatable bonds is 2. The normalized spacial score (nSPS) is 17.4. The van der Waals surface area contributed by atoms with Gasteiger partial charge in [-0.3, -0.25) is 0 Å². The molecule has 1 aliphatic heterocycles. The van der Waals surface area contributed by atoms with E-state index in [9.17, 15) is 0 Å². The molecule has 1 aliphatic rings. The molecule has 0 atom stereocenters. The molecule has 88 valence electrons. The maximum Gasteiger partial charge on any atom is 0.146 e. The average Bonchev–Trinajstić information content (AvgIpc) is 2.33. The first-order valence-electron chi connectivity index (χ1n) is 5.62. The highest BCUT2D eigenvalue weighted by molar-refractivity contribution is 5.44. The van der Waals surface area contributed by atoms with Crippen molar-refractivity contribution in [2.45, 2.75) is 32.6 Å². The Hall–Kier alpha value is -1.20. The number of nitrogens with two attached hydrogens (primary N) is 1. The Morgan fingerprint density at radius 2 is 1.94 bits per heavy atom. The van der Waals surface area contributed by atoms with Gasteiger partial charge in [0, 0.05) is 30.4 Å². The number of hydrazine groups is 1. The van der Waals surface area contributed by atoms with Crippen LogP contribution in [0.4, 0.5) is 5.82 Å². The molecule has 0 spiro atoms. The molecule has 1 aromatic rings. The van der Waals surface area contributed by atoms with Crippen LogP contribution in [0.15, 0.2) is 0 Å². The van der Waals surface area contributed by atoms with Crippen LogP contribution in [0.1, 0.15) is 35.8 Å². The fraction of sp³-hybridized carbons (Fsp3) is 0.636. The first-order valence-corrected chi connectivity index (χ1v) is 5.62. The van der Waals surface area contributed by atoms with Crippen molar-refractivity contribution >= 4 is 5.82 Å². The summed E-state index contributed by atoms with van der Waals surface area (Å²) in [6, 6.07) is 0. The Balaban J connectivity index is 2.29. The molecule has 2 rings (SSSR count). The van der Waals surface area contributed by atoms with Crippen LogP contribution >= 0.6 is 0 Å². The predicted molar refractivity (Wildman–Crippen MR) is 62.1 cm³/mol. The summed E-state index contributed by atoms with van der Waals surface area (Å²) in [5.74, 6) is 7.47. The van der Waals surface area contributed by atoms with Gasteiger partial charge in [0.2, 0.25) is 0 Å². The van der Waals surface area contributed by atoms with Gasteiger partial charge in [-0.15, -0.1) is 0 Å². The number of hydrogen-bond donors (Lipinski definition) is 2. The molecule has 0 bridgehead atoms. The van der Waals surface area contributed by atoms with E-state index in [1.165, 1.54) is 0 Å². The summed E-state index contributed by atoms with van der Waals surface area (Å²) in [4.78, 5) is 9.02. The first-order chi connectivity index (χ1) is 7.72. The van der Waals surface area contributed by atoms with Gasteiger partial charge in [0.05, 0.1) is 0 Å². The second-order valence-electron chi connectivity index (χ2n) is 4.17. The van der Waals surface area contributed by atoms with Crippen molar-refractivity contribution < 1.29 is 4.74 Å². The highest BCUT2D eigenvalue weighted by Crippen LogP contribution is 2.26. The number of ether oxygens (including phenoxy) is 1. The molecular weight excluding hydrogens is 204 g/mol. The van der Waals surface area contributed by atoms with E-state index in [1.54, 1.807) is 0 Å². The van der Waals surface area contributed by atoms with Crippen LogP contribution in [-0.2, 0) is 4.74 Å². The third kappa shape index (κ3) is 2.15. The van der Waals surface area contributed by atoms with Crippen molar-refractivity contribution in [3.63, 3.8) is 0 Å². The van der Waals surface area contributed by atoms with Gasteiger partial charge < -0.3 is 10.2 Å². The van der Waals surface area contributed by atoms with Crippen molar-refractivity contribution in [2.75, 3.05) is 18.6 Å². The topological polar surface area (TPSA) is 73.1 Å².